The van der Waals surface area contributed by atoms with Crippen LogP contribution < -0.4 is 5.32 Å². The van der Waals surface area contributed by atoms with Crippen molar-refractivity contribution in [2.24, 2.45) is 0 Å². The average Bonchev–Trinajstić information content (AvgIpc) is 2.98. The third-order valence-corrected chi connectivity index (χ3v) is 4.26. The molecule has 2 aromatic carbocycles. The Morgan fingerprint density at radius 1 is 1.14 bits per heavy atom. The minimum atomic E-state index is -1.72. The normalized spacial score (nSPS) is 12.1. The zero-order valence-corrected chi connectivity index (χ0v) is 15.4. The second kappa shape index (κ2) is 7.55. The van der Waals surface area contributed by atoms with Crippen molar-refractivity contribution < 1.29 is 31.9 Å². The second-order valence-corrected chi connectivity index (χ2v) is 6.39. The number of furan rings is 1. The number of amides is 1. The lowest BCUT2D eigenvalue weighted by Gasteiger charge is -2.13. The number of hydrogen-bond acceptors (Lipinski definition) is 4. The smallest absolute Gasteiger partial charge is 0.375 e. The number of carbonyl (C=O) groups is 2. The van der Waals surface area contributed by atoms with Gasteiger partial charge in [0.2, 0.25) is 5.76 Å². The monoisotopic (exact) mass is 411 g/mol. The molecule has 0 fully saturated rings. The Balaban J connectivity index is 1.75. The molecular formula is C19H13ClF3NO4. The Hall–Kier alpha value is -3.00. The number of fused-ring (bicyclic) bond motifs is 1. The molecule has 1 heterocycles. The van der Waals surface area contributed by atoms with Crippen molar-refractivity contribution in [3.63, 3.8) is 0 Å². The lowest BCUT2D eigenvalue weighted by Crippen LogP contribution is -2.30. The highest BCUT2D eigenvalue weighted by atomic mass is 35.5. The zero-order chi connectivity index (χ0) is 20.6. The Labute approximate surface area is 162 Å². The van der Waals surface area contributed by atoms with Gasteiger partial charge in [-0.15, -0.1) is 0 Å². The number of benzene rings is 2. The summed E-state index contributed by atoms with van der Waals surface area (Å²) < 4.78 is 50.3. The van der Waals surface area contributed by atoms with Crippen molar-refractivity contribution in [3.05, 3.63) is 64.1 Å². The van der Waals surface area contributed by atoms with Crippen molar-refractivity contribution in [1.82, 2.24) is 0 Å². The van der Waals surface area contributed by atoms with Crippen LogP contribution in [-0.2, 0) is 9.53 Å². The summed E-state index contributed by atoms with van der Waals surface area (Å²) in [6.07, 6.45) is -1.36. The van der Waals surface area contributed by atoms with Crippen LogP contribution in [0, 0.1) is 24.4 Å². The SMILES string of the molecule is Cc1c(C(=O)O[C@H](C)C(=O)Nc2ccc(F)c(F)c2F)oc2ccc(Cl)cc12. The van der Waals surface area contributed by atoms with E-state index in [-0.39, 0.29) is 5.76 Å². The van der Waals surface area contributed by atoms with Gasteiger partial charge >= 0.3 is 5.97 Å². The Morgan fingerprint density at radius 2 is 1.86 bits per heavy atom. The van der Waals surface area contributed by atoms with Gasteiger partial charge in [0.15, 0.2) is 23.6 Å². The molecule has 0 aliphatic rings. The van der Waals surface area contributed by atoms with E-state index in [0.29, 0.717) is 27.6 Å². The van der Waals surface area contributed by atoms with Gasteiger partial charge in [0.25, 0.3) is 5.91 Å². The number of rotatable bonds is 4. The lowest BCUT2D eigenvalue weighted by molar-refractivity contribution is -0.123. The minimum absolute atomic E-state index is 0.115. The fourth-order valence-electron chi connectivity index (χ4n) is 2.51. The molecule has 5 nitrogen and oxygen atoms in total. The van der Waals surface area contributed by atoms with Crippen LogP contribution in [-0.4, -0.2) is 18.0 Å². The molecule has 0 radical (unpaired) electrons. The molecule has 0 saturated carbocycles. The molecule has 0 bridgehead atoms. The predicted molar refractivity (Wildman–Crippen MR) is 95.8 cm³/mol. The number of nitrogens with one attached hydrogen (secondary N) is 1. The van der Waals surface area contributed by atoms with Crippen molar-refractivity contribution in [2.75, 3.05) is 5.32 Å². The molecule has 3 aromatic rings. The summed E-state index contributed by atoms with van der Waals surface area (Å²) in [4.78, 5) is 24.5. The van der Waals surface area contributed by atoms with Crippen LogP contribution >= 0.6 is 11.6 Å². The summed E-state index contributed by atoms with van der Waals surface area (Å²) in [5.41, 5.74) is 0.304. The summed E-state index contributed by atoms with van der Waals surface area (Å²) in [7, 11) is 0. The van der Waals surface area contributed by atoms with Crippen molar-refractivity contribution in [1.29, 1.82) is 0 Å². The van der Waals surface area contributed by atoms with E-state index in [1.807, 2.05) is 5.32 Å². The van der Waals surface area contributed by atoms with Gasteiger partial charge < -0.3 is 14.5 Å². The molecule has 1 aromatic heterocycles. The molecule has 0 aliphatic carbocycles. The summed E-state index contributed by atoms with van der Waals surface area (Å²) in [5, 5.41) is 3.11. The summed E-state index contributed by atoms with van der Waals surface area (Å²) in [6.45, 7) is 2.86. The maximum Gasteiger partial charge on any atom is 0.375 e. The van der Waals surface area contributed by atoms with Crippen LogP contribution in [0.25, 0.3) is 11.0 Å². The number of esters is 1. The third kappa shape index (κ3) is 3.68. The molecule has 1 N–H and O–H groups in total. The van der Waals surface area contributed by atoms with Gasteiger partial charge in [0, 0.05) is 16.0 Å². The summed E-state index contributed by atoms with van der Waals surface area (Å²) in [6, 6.07) is 6.31. The molecule has 28 heavy (non-hydrogen) atoms. The van der Waals surface area contributed by atoms with Gasteiger partial charge in [0.1, 0.15) is 5.58 Å². The standard InChI is InChI=1S/C19H13ClF3NO4/c1-8-11-7-10(20)3-6-14(11)28-17(8)19(26)27-9(2)18(25)24-13-5-4-12(21)15(22)16(13)23/h3-7,9H,1-2H3,(H,24,25)/t9-/m1/s1. The predicted octanol–water partition coefficient (Wildman–Crippen LogP) is 5.00. The molecule has 0 spiro atoms. The first-order chi connectivity index (χ1) is 13.2. The largest absolute Gasteiger partial charge is 0.449 e. The van der Waals surface area contributed by atoms with Crippen LogP contribution in [0.4, 0.5) is 18.9 Å². The van der Waals surface area contributed by atoms with E-state index >= 15 is 0 Å². The van der Waals surface area contributed by atoms with Crippen LogP contribution in [0.3, 0.4) is 0 Å². The van der Waals surface area contributed by atoms with E-state index in [9.17, 15) is 22.8 Å². The number of carbonyl (C=O) groups excluding carboxylic acids is 2. The molecule has 9 heteroatoms. The van der Waals surface area contributed by atoms with Crippen LogP contribution in [0.15, 0.2) is 34.7 Å². The number of halogens is 4. The van der Waals surface area contributed by atoms with Crippen LogP contribution in [0.5, 0.6) is 0 Å². The van der Waals surface area contributed by atoms with Gasteiger partial charge in [-0.25, -0.2) is 18.0 Å². The van der Waals surface area contributed by atoms with Crippen molar-refractivity contribution >= 4 is 40.1 Å². The quantitative estimate of drug-likeness (QED) is 0.485. The van der Waals surface area contributed by atoms with E-state index in [4.69, 9.17) is 20.8 Å². The van der Waals surface area contributed by atoms with Crippen molar-refractivity contribution in [2.45, 2.75) is 20.0 Å². The van der Waals surface area contributed by atoms with Gasteiger partial charge in [-0.05, 0) is 44.2 Å². The fraction of sp³-hybridized carbons (Fsp3) is 0.158. The summed E-state index contributed by atoms with van der Waals surface area (Å²) in [5.74, 6) is -6.64. The number of anilines is 1. The highest BCUT2D eigenvalue weighted by Gasteiger charge is 2.25. The lowest BCUT2D eigenvalue weighted by atomic mass is 10.1. The average molecular weight is 412 g/mol. The Kier molecular flexibility index (Phi) is 5.33. The summed E-state index contributed by atoms with van der Waals surface area (Å²) >= 11 is 5.92. The zero-order valence-electron chi connectivity index (χ0n) is 14.6. The fourth-order valence-corrected chi connectivity index (χ4v) is 2.68. The second-order valence-electron chi connectivity index (χ2n) is 5.96. The Bertz CT molecular complexity index is 1100. The van der Waals surface area contributed by atoms with Crippen molar-refractivity contribution in [3.8, 4) is 0 Å². The molecule has 0 saturated heterocycles. The highest BCUT2D eigenvalue weighted by molar-refractivity contribution is 6.31. The van der Waals surface area contributed by atoms with Gasteiger partial charge in [-0.1, -0.05) is 11.6 Å². The molecule has 1 amide bonds. The topological polar surface area (TPSA) is 68.5 Å². The van der Waals surface area contributed by atoms with E-state index in [2.05, 4.69) is 0 Å². The molecule has 3 rings (SSSR count). The van der Waals surface area contributed by atoms with E-state index in [1.165, 1.54) is 6.92 Å². The van der Waals surface area contributed by atoms with E-state index < -0.39 is 41.1 Å². The van der Waals surface area contributed by atoms with E-state index in [1.54, 1.807) is 25.1 Å². The number of ether oxygens (including phenoxy) is 1. The maximum atomic E-state index is 13.7. The number of aryl methyl sites for hydroxylation is 1. The number of hydrogen-bond donors (Lipinski definition) is 1. The molecule has 0 aliphatic heterocycles. The van der Waals surface area contributed by atoms with Gasteiger partial charge in [0.05, 0.1) is 5.69 Å². The van der Waals surface area contributed by atoms with Crippen LogP contribution in [0.2, 0.25) is 5.02 Å². The first-order valence-electron chi connectivity index (χ1n) is 8.03. The van der Waals surface area contributed by atoms with E-state index in [0.717, 1.165) is 6.07 Å². The van der Waals surface area contributed by atoms with Gasteiger partial charge in [-0.3, -0.25) is 4.79 Å². The van der Waals surface area contributed by atoms with Crippen LogP contribution in [0.1, 0.15) is 23.0 Å². The molecular weight excluding hydrogens is 399 g/mol. The molecule has 0 unspecified atom stereocenters. The first-order valence-corrected chi connectivity index (χ1v) is 8.40. The molecule has 1 atom stereocenters. The maximum absolute atomic E-state index is 13.7. The highest BCUT2D eigenvalue weighted by Crippen LogP contribution is 2.28. The Morgan fingerprint density at radius 3 is 2.57 bits per heavy atom. The third-order valence-electron chi connectivity index (χ3n) is 4.03. The van der Waals surface area contributed by atoms with Gasteiger partial charge in [-0.2, -0.15) is 0 Å². The molecule has 146 valence electrons. The minimum Gasteiger partial charge on any atom is -0.449 e. The first kappa shape index (κ1) is 19.8.